The fourth-order valence-electron chi connectivity index (χ4n) is 5.12. The van der Waals surface area contributed by atoms with Crippen LogP contribution < -0.4 is 24.4 Å². The van der Waals surface area contributed by atoms with Crippen LogP contribution in [0.5, 0.6) is 17.2 Å². The first-order chi connectivity index (χ1) is 21.7. The second kappa shape index (κ2) is 13.3. The number of halogens is 1. The molecule has 4 aromatic carbocycles. The minimum absolute atomic E-state index is 0.133. The molecule has 0 aliphatic carbocycles. The van der Waals surface area contributed by atoms with Gasteiger partial charge in [-0.05, 0) is 71.8 Å². The lowest BCUT2D eigenvalue weighted by atomic mass is 10.0. The molecule has 1 aliphatic heterocycles. The van der Waals surface area contributed by atoms with E-state index in [9.17, 15) is 23.6 Å². The quantitative estimate of drug-likeness (QED) is 0.243. The number of hydrogen-bond acceptors (Lipinski definition) is 7. The normalized spacial score (nSPS) is 12.8. The van der Waals surface area contributed by atoms with Crippen molar-refractivity contribution < 1.29 is 37.8 Å². The molecule has 45 heavy (non-hydrogen) atoms. The Morgan fingerprint density at radius 1 is 0.844 bits per heavy atom. The van der Waals surface area contributed by atoms with Crippen LogP contribution >= 0.6 is 0 Å². The van der Waals surface area contributed by atoms with Gasteiger partial charge in [-0.3, -0.25) is 24.1 Å². The molecule has 1 N–H and O–H groups in total. The zero-order valence-electron chi connectivity index (χ0n) is 24.8. The molecule has 0 saturated carbocycles. The maximum atomic E-state index is 14.3. The maximum absolute atomic E-state index is 14.3. The smallest absolute Gasteiger partial charge is 0.299 e. The molecule has 230 valence electrons. The summed E-state index contributed by atoms with van der Waals surface area (Å²) in [5.41, 5.74) is 1.83. The van der Waals surface area contributed by atoms with Gasteiger partial charge in [0.15, 0.2) is 11.5 Å². The van der Waals surface area contributed by atoms with Crippen LogP contribution in [-0.2, 0) is 20.9 Å². The van der Waals surface area contributed by atoms with E-state index in [0.717, 1.165) is 4.90 Å². The molecule has 0 unspecified atom stereocenters. The van der Waals surface area contributed by atoms with E-state index in [-0.39, 0.29) is 12.1 Å². The van der Waals surface area contributed by atoms with E-state index in [1.165, 1.54) is 56.6 Å². The van der Waals surface area contributed by atoms with Gasteiger partial charge in [0, 0.05) is 12.2 Å². The molecular formula is C34H30FN3O7. The summed E-state index contributed by atoms with van der Waals surface area (Å²) >= 11 is 0. The van der Waals surface area contributed by atoms with Crippen molar-refractivity contribution in [2.24, 2.45) is 0 Å². The second-order valence-corrected chi connectivity index (χ2v) is 10.1. The Morgan fingerprint density at radius 3 is 2.20 bits per heavy atom. The molecule has 0 radical (unpaired) electrons. The van der Waals surface area contributed by atoms with Crippen LogP contribution in [0.15, 0.2) is 91.0 Å². The summed E-state index contributed by atoms with van der Waals surface area (Å²) in [6.07, 6.45) is 0. The topological polar surface area (TPSA) is 114 Å². The van der Waals surface area contributed by atoms with Crippen LogP contribution in [0.3, 0.4) is 0 Å². The van der Waals surface area contributed by atoms with Crippen LogP contribution in [0.4, 0.5) is 15.8 Å². The number of nitrogens with zero attached hydrogens (tertiary/aromatic N) is 2. The van der Waals surface area contributed by atoms with Crippen molar-refractivity contribution in [1.29, 1.82) is 0 Å². The number of carbonyl (C=O) groups excluding carboxylic acids is 4. The third-order valence-corrected chi connectivity index (χ3v) is 7.40. The summed E-state index contributed by atoms with van der Waals surface area (Å²) < 4.78 is 29.9. The number of benzene rings is 4. The lowest BCUT2D eigenvalue weighted by molar-refractivity contribution is -0.139. The van der Waals surface area contributed by atoms with Crippen LogP contribution in [0.25, 0.3) is 0 Å². The number of para-hydroxylation sites is 1. The van der Waals surface area contributed by atoms with Gasteiger partial charge in [-0.2, -0.15) is 0 Å². The lowest BCUT2D eigenvalue weighted by Gasteiger charge is -2.33. The van der Waals surface area contributed by atoms with Crippen molar-refractivity contribution in [1.82, 2.24) is 4.90 Å². The van der Waals surface area contributed by atoms with Crippen LogP contribution in [-0.4, -0.2) is 56.3 Å². The number of methoxy groups -OCH3 is 3. The summed E-state index contributed by atoms with van der Waals surface area (Å²) in [7, 11) is 4.45. The Hall–Kier alpha value is -5.71. The number of carbonyl (C=O) groups is 4. The predicted octanol–water partition coefficient (Wildman–Crippen LogP) is 4.79. The van der Waals surface area contributed by atoms with Crippen molar-refractivity contribution in [3.8, 4) is 17.2 Å². The highest BCUT2D eigenvalue weighted by atomic mass is 19.1. The van der Waals surface area contributed by atoms with Crippen LogP contribution in [0.2, 0.25) is 0 Å². The van der Waals surface area contributed by atoms with E-state index in [1.807, 2.05) is 0 Å². The molecule has 4 aromatic rings. The Balaban J connectivity index is 1.58. The predicted molar refractivity (Wildman–Crippen MR) is 164 cm³/mol. The SMILES string of the molecule is COc1ccc(NC(=O)[C@H](c2ccc(OC)c(OC)c2)N(Cc2ccc(F)cc2)C(=O)CN2C(=O)C(=O)c3ccccc32)cc1. The Kier molecular flexibility index (Phi) is 9.08. The van der Waals surface area contributed by atoms with Gasteiger partial charge >= 0.3 is 0 Å². The highest BCUT2D eigenvalue weighted by Gasteiger charge is 2.39. The van der Waals surface area contributed by atoms with Gasteiger partial charge in [-0.1, -0.05) is 30.3 Å². The fraction of sp³-hybridized carbons (Fsp3) is 0.176. The molecule has 0 aromatic heterocycles. The van der Waals surface area contributed by atoms with Crippen molar-refractivity contribution in [2.45, 2.75) is 12.6 Å². The van der Waals surface area contributed by atoms with E-state index in [0.29, 0.717) is 39.8 Å². The summed E-state index contributed by atoms with van der Waals surface area (Å²) in [6, 6.07) is 22.1. The van der Waals surface area contributed by atoms with Crippen molar-refractivity contribution in [2.75, 3.05) is 38.1 Å². The van der Waals surface area contributed by atoms with Gasteiger partial charge in [0.25, 0.3) is 17.6 Å². The average molecular weight is 612 g/mol. The Morgan fingerprint density at radius 2 is 1.53 bits per heavy atom. The average Bonchev–Trinajstić information content (AvgIpc) is 3.30. The first-order valence-electron chi connectivity index (χ1n) is 13.9. The van der Waals surface area contributed by atoms with Gasteiger partial charge in [0.1, 0.15) is 24.2 Å². The Labute approximate surface area is 258 Å². The number of anilines is 2. The zero-order valence-corrected chi connectivity index (χ0v) is 24.8. The monoisotopic (exact) mass is 611 g/mol. The molecule has 1 aliphatic rings. The molecule has 10 nitrogen and oxygen atoms in total. The fourth-order valence-corrected chi connectivity index (χ4v) is 5.12. The molecular weight excluding hydrogens is 581 g/mol. The van der Waals surface area contributed by atoms with E-state index in [4.69, 9.17) is 14.2 Å². The van der Waals surface area contributed by atoms with Gasteiger partial charge in [-0.15, -0.1) is 0 Å². The number of ether oxygens (including phenoxy) is 3. The second-order valence-electron chi connectivity index (χ2n) is 10.1. The number of amides is 3. The number of hydrogen-bond donors (Lipinski definition) is 1. The number of Topliss-reactive ketones (excluding diaryl/α,β-unsaturated/α-hetero) is 1. The molecule has 0 bridgehead atoms. The van der Waals surface area contributed by atoms with E-state index >= 15 is 0 Å². The summed E-state index contributed by atoms with van der Waals surface area (Å²) in [6.45, 7) is -0.659. The van der Waals surface area contributed by atoms with Gasteiger partial charge in [0.2, 0.25) is 5.91 Å². The van der Waals surface area contributed by atoms with Crippen LogP contribution in [0.1, 0.15) is 27.5 Å². The molecule has 0 fully saturated rings. The lowest BCUT2D eigenvalue weighted by Crippen LogP contribution is -2.46. The van der Waals surface area contributed by atoms with E-state index in [2.05, 4.69) is 5.32 Å². The third-order valence-electron chi connectivity index (χ3n) is 7.40. The maximum Gasteiger partial charge on any atom is 0.299 e. The highest BCUT2D eigenvalue weighted by Crippen LogP contribution is 2.35. The Bertz CT molecular complexity index is 1740. The minimum atomic E-state index is -1.27. The first kappa shape index (κ1) is 30.7. The number of fused-ring (bicyclic) bond motifs is 1. The van der Waals surface area contributed by atoms with E-state index < -0.39 is 41.9 Å². The molecule has 0 saturated heterocycles. The van der Waals surface area contributed by atoms with Crippen molar-refractivity contribution >= 4 is 34.9 Å². The largest absolute Gasteiger partial charge is 0.497 e. The minimum Gasteiger partial charge on any atom is -0.497 e. The number of nitrogens with one attached hydrogen (secondary N) is 1. The van der Waals surface area contributed by atoms with Gasteiger partial charge in [0.05, 0.1) is 32.6 Å². The molecule has 5 rings (SSSR count). The summed E-state index contributed by atoms with van der Waals surface area (Å²) in [4.78, 5) is 56.5. The molecule has 11 heteroatoms. The summed E-state index contributed by atoms with van der Waals surface area (Å²) in [5, 5.41) is 2.86. The van der Waals surface area contributed by atoms with Crippen molar-refractivity contribution in [3.63, 3.8) is 0 Å². The number of rotatable bonds is 11. The first-order valence-corrected chi connectivity index (χ1v) is 13.9. The molecule has 1 heterocycles. The van der Waals surface area contributed by atoms with Gasteiger partial charge in [-0.25, -0.2) is 4.39 Å². The van der Waals surface area contributed by atoms with Crippen LogP contribution in [0, 0.1) is 5.82 Å². The standard InChI is InChI=1S/C34H30FN3O7/c1-43-25-15-13-24(14-16-25)36-33(41)31(22-10-17-28(44-2)29(18-22)45-3)38(19-21-8-11-23(35)12-9-21)30(39)20-37-27-7-5-4-6-26(27)32(40)34(37)42/h4-18,31H,19-20H2,1-3H3,(H,36,41)/t31-/m0/s1. The van der Waals surface area contributed by atoms with E-state index in [1.54, 1.807) is 60.7 Å². The number of ketones is 1. The van der Waals surface area contributed by atoms with Gasteiger partial charge < -0.3 is 24.4 Å². The molecule has 1 atom stereocenters. The highest BCUT2D eigenvalue weighted by molar-refractivity contribution is 6.52. The van der Waals surface area contributed by atoms with Crippen molar-refractivity contribution in [3.05, 3.63) is 114 Å². The summed E-state index contributed by atoms with van der Waals surface area (Å²) in [5.74, 6) is -1.95. The molecule has 0 spiro atoms. The molecule has 3 amide bonds. The zero-order chi connectivity index (χ0) is 32.1. The third kappa shape index (κ3) is 6.47.